The third-order valence-electron chi connectivity index (χ3n) is 9.09. The average molecular weight is 499 g/mol. The molecule has 2 heteroatoms. The van der Waals surface area contributed by atoms with Crippen LogP contribution in [0.5, 0.6) is 0 Å². The van der Waals surface area contributed by atoms with Crippen LogP contribution in [-0.4, -0.2) is 12.1 Å². The monoisotopic (exact) mass is 498 g/mol. The molecule has 4 aromatic carbocycles. The highest BCUT2D eigenvalue weighted by atomic mass is 16.1. The first-order chi connectivity index (χ1) is 18.5. The van der Waals surface area contributed by atoms with E-state index in [-0.39, 0.29) is 16.7 Å². The Labute approximate surface area is 225 Å². The molecule has 0 spiro atoms. The maximum Gasteiger partial charge on any atom is 0.135 e. The van der Waals surface area contributed by atoms with E-state index in [9.17, 15) is 9.59 Å². The molecule has 2 aliphatic carbocycles. The van der Waals surface area contributed by atoms with Gasteiger partial charge in [0.2, 0.25) is 0 Å². The van der Waals surface area contributed by atoms with E-state index in [1.807, 2.05) is 13.8 Å². The first-order valence-corrected chi connectivity index (χ1v) is 13.9. The predicted octanol–water partition coefficient (Wildman–Crippen LogP) is 8.29. The van der Waals surface area contributed by atoms with Crippen molar-refractivity contribution in [2.75, 3.05) is 0 Å². The lowest BCUT2D eigenvalue weighted by molar-refractivity contribution is -0.122. The van der Waals surface area contributed by atoms with Gasteiger partial charge in [0, 0.05) is 29.6 Å². The van der Waals surface area contributed by atoms with Crippen LogP contribution in [-0.2, 0) is 20.4 Å². The van der Waals surface area contributed by atoms with Crippen molar-refractivity contribution in [2.45, 2.75) is 56.8 Å². The number of hydrogen-bond acceptors (Lipinski definition) is 2. The van der Waals surface area contributed by atoms with E-state index in [1.54, 1.807) is 0 Å². The fraction of sp³-hybridized carbons (Fsp3) is 0.278. The van der Waals surface area contributed by atoms with E-state index in [2.05, 4.69) is 97.1 Å². The number of carbonyl (C=O) groups is 2. The van der Waals surface area contributed by atoms with E-state index in [4.69, 9.17) is 0 Å². The van der Waals surface area contributed by atoms with Gasteiger partial charge in [-0.2, -0.15) is 0 Å². The van der Waals surface area contributed by atoms with Crippen molar-refractivity contribution in [3.63, 3.8) is 0 Å². The zero-order valence-corrected chi connectivity index (χ0v) is 22.2. The van der Waals surface area contributed by atoms with E-state index in [1.165, 1.54) is 44.5 Å². The highest BCUT2D eigenvalue weighted by molar-refractivity contribution is 5.85. The predicted molar refractivity (Wildman–Crippen MR) is 154 cm³/mol. The number of benzene rings is 4. The molecule has 0 bridgehead atoms. The van der Waals surface area contributed by atoms with E-state index in [0.717, 1.165) is 25.5 Å². The van der Waals surface area contributed by atoms with E-state index < -0.39 is 0 Å². The zero-order valence-electron chi connectivity index (χ0n) is 22.2. The van der Waals surface area contributed by atoms with Gasteiger partial charge in [-0.15, -0.1) is 0 Å². The van der Waals surface area contributed by atoms with Crippen molar-refractivity contribution in [2.24, 2.45) is 5.92 Å². The van der Waals surface area contributed by atoms with Crippen LogP contribution < -0.4 is 0 Å². The van der Waals surface area contributed by atoms with Gasteiger partial charge in [-0.05, 0) is 63.8 Å². The molecular weight excluding hydrogens is 464 g/mol. The number of aldehydes is 1. The molecular formula is C36H34O2. The van der Waals surface area contributed by atoms with Crippen LogP contribution in [0, 0.1) is 5.92 Å². The minimum absolute atomic E-state index is 0.0101. The third kappa shape index (κ3) is 3.61. The van der Waals surface area contributed by atoms with Crippen LogP contribution in [0.4, 0.5) is 0 Å². The first kappa shape index (κ1) is 24.6. The molecule has 0 saturated heterocycles. The average Bonchev–Trinajstić information content (AvgIpc) is 3.39. The smallest absolute Gasteiger partial charge is 0.135 e. The van der Waals surface area contributed by atoms with Crippen LogP contribution in [0.25, 0.3) is 22.3 Å². The fourth-order valence-electron chi connectivity index (χ4n) is 7.37. The van der Waals surface area contributed by atoms with Crippen molar-refractivity contribution in [3.8, 4) is 22.3 Å². The summed E-state index contributed by atoms with van der Waals surface area (Å²) in [4.78, 5) is 25.0. The van der Waals surface area contributed by atoms with Crippen molar-refractivity contribution in [1.29, 1.82) is 0 Å². The summed E-state index contributed by atoms with van der Waals surface area (Å²) in [5.74, 6) is 0.316. The Bertz CT molecular complexity index is 1430. The van der Waals surface area contributed by atoms with Crippen molar-refractivity contribution < 1.29 is 9.59 Å². The Morgan fingerprint density at radius 2 is 1.00 bits per heavy atom. The van der Waals surface area contributed by atoms with E-state index in [0.29, 0.717) is 18.6 Å². The van der Waals surface area contributed by atoms with Gasteiger partial charge in [-0.3, -0.25) is 4.79 Å². The number of Topliss-reactive ketones (excluding diaryl/α,β-unsaturated/α-hetero) is 1. The Morgan fingerprint density at radius 3 is 1.37 bits per heavy atom. The Hall–Kier alpha value is -3.78. The lowest BCUT2D eigenvalue weighted by Crippen LogP contribution is -2.38. The zero-order chi connectivity index (χ0) is 26.3. The maximum absolute atomic E-state index is 13.1. The van der Waals surface area contributed by atoms with Crippen LogP contribution in [0.1, 0.15) is 68.2 Å². The van der Waals surface area contributed by atoms with Gasteiger partial charge in [0.05, 0.1) is 0 Å². The minimum atomic E-state index is -0.342. The number of ketones is 1. The van der Waals surface area contributed by atoms with Crippen molar-refractivity contribution in [1.82, 2.24) is 0 Å². The topological polar surface area (TPSA) is 34.1 Å². The Morgan fingerprint density at radius 1 is 0.632 bits per heavy atom. The molecule has 0 radical (unpaired) electrons. The summed E-state index contributed by atoms with van der Waals surface area (Å²) in [7, 11) is 0. The standard InChI is InChI=1S/C36H34O2/c1-25(2)34(38)20-22-36(32-18-9-5-14-28(32)29-15-6-10-19-33(29)36)24-35(21-11-23-37)30-16-7-3-12-26(30)27-13-4-8-17-31(27)35/h3-10,12-19,23,25H,11,20-22,24H2,1-2H3. The first-order valence-electron chi connectivity index (χ1n) is 13.9. The molecule has 38 heavy (non-hydrogen) atoms. The summed E-state index contributed by atoms with van der Waals surface area (Å²) in [6.07, 6.45) is 4.42. The number of rotatable bonds is 9. The molecule has 0 heterocycles. The summed E-state index contributed by atoms with van der Waals surface area (Å²) in [6, 6.07) is 35.0. The highest BCUT2D eigenvalue weighted by Crippen LogP contribution is 2.62. The molecule has 0 amide bonds. The summed E-state index contributed by atoms with van der Waals surface area (Å²) < 4.78 is 0. The molecule has 2 aliphatic rings. The molecule has 0 unspecified atom stereocenters. The summed E-state index contributed by atoms with van der Waals surface area (Å²) >= 11 is 0. The van der Waals surface area contributed by atoms with Crippen molar-refractivity contribution >= 4 is 12.1 Å². The Balaban J connectivity index is 1.62. The van der Waals surface area contributed by atoms with Crippen LogP contribution in [0.15, 0.2) is 97.1 Å². The second kappa shape index (κ2) is 9.51. The molecule has 0 atom stereocenters. The van der Waals surface area contributed by atoms with Crippen LogP contribution >= 0.6 is 0 Å². The molecule has 0 aliphatic heterocycles. The molecule has 4 aromatic rings. The van der Waals surface area contributed by atoms with Crippen LogP contribution in [0.2, 0.25) is 0 Å². The molecule has 190 valence electrons. The SMILES string of the molecule is CC(C)C(=O)CCC1(CC2(CCC=O)c3ccccc3-c3ccccc32)c2ccccc2-c2ccccc21. The maximum atomic E-state index is 13.1. The van der Waals surface area contributed by atoms with Gasteiger partial charge < -0.3 is 4.79 Å². The van der Waals surface area contributed by atoms with E-state index >= 15 is 0 Å². The second-order valence-electron chi connectivity index (χ2n) is 11.3. The number of carbonyl (C=O) groups excluding carboxylic acids is 2. The highest BCUT2D eigenvalue weighted by Gasteiger charge is 2.52. The third-order valence-corrected chi connectivity index (χ3v) is 9.09. The van der Waals surface area contributed by atoms with Gasteiger partial charge in [-0.1, -0.05) is 111 Å². The lowest BCUT2D eigenvalue weighted by Gasteiger charge is -2.43. The van der Waals surface area contributed by atoms with Gasteiger partial charge in [0.1, 0.15) is 12.1 Å². The number of fused-ring (bicyclic) bond motifs is 6. The number of hydrogen-bond donors (Lipinski definition) is 0. The van der Waals surface area contributed by atoms with Gasteiger partial charge >= 0.3 is 0 Å². The summed E-state index contributed by atoms with van der Waals surface area (Å²) in [5, 5.41) is 0. The normalized spacial score (nSPS) is 15.4. The quantitative estimate of drug-likeness (QED) is 0.218. The van der Waals surface area contributed by atoms with Gasteiger partial charge in [0.15, 0.2) is 0 Å². The Kier molecular flexibility index (Phi) is 6.14. The van der Waals surface area contributed by atoms with Crippen LogP contribution in [0.3, 0.4) is 0 Å². The second-order valence-corrected chi connectivity index (χ2v) is 11.3. The molecule has 0 saturated carbocycles. The fourth-order valence-corrected chi connectivity index (χ4v) is 7.37. The molecule has 0 aromatic heterocycles. The van der Waals surface area contributed by atoms with Gasteiger partial charge in [0.25, 0.3) is 0 Å². The molecule has 2 nitrogen and oxygen atoms in total. The molecule has 0 N–H and O–H groups in total. The van der Waals surface area contributed by atoms with Crippen molar-refractivity contribution in [3.05, 3.63) is 119 Å². The molecule has 0 fully saturated rings. The van der Waals surface area contributed by atoms with Gasteiger partial charge in [-0.25, -0.2) is 0 Å². The summed E-state index contributed by atoms with van der Waals surface area (Å²) in [6.45, 7) is 4.00. The summed E-state index contributed by atoms with van der Waals surface area (Å²) in [5.41, 5.74) is 9.62. The lowest BCUT2D eigenvalue weighted by atomic mass is 9.59. The molecule has 6 rings (SSSR count). The largest absolute Gasteiger partial charge is 0.303 e. The minimum Gasteiger partial charge on any atom is -0.303 e.